The molecule has 2 unspecified atom stereocenters. The van der Waals surface area contributed by atoms with Crippen LogP contribution >= 0.6 is 0 Å². The number of benzene rings is 5. The standard InChI is InChI=1S/C52H52N4/c1-49(2,3)42-19-13-39(14-20-42)46-54-47(40-15-21-43(22-16-40)50(4,5)6)56-48(55-46)41-17-25-45(26-18-41)52-30-35-27-36(31-52)29-51(28-35,33-52)44-23-11-38(12-24-44)37-9-7-34(32-53)8-10-37/h7-26,35-36H,27-31,33H2,1-6H3. The van der Waals surface area contributed by atoms with Crippen LogP contribution < -0.4 is 0 Å². The number of rotatable bonds is 6. The lowest BCUT2D eigenvalue weighted by Gasteiger charge is -2.63. The van der Waals surface area contributed by atoms with Crippen molar-refractivity contribution in [2.75, 3.05) is 0 Å². The fraction of sp³-hybridized carbons (Fsp3) is 0.346. The largest absolute Gasteiger partial charge is 0.208 e. The Balaban J connectivity index is 1.04. The van der Waals surface area contributed by atoms with Crippen molar-refractivity contribution < 1.29 is 0 Å². The molecule has 0 aliphatic heterocycles. The number of hydrogen-bond acceptors (Lipinski definition) is 4. The Bertz CT molecular complexity index is 2330. The summed E-state index contributed by atoms with van der Waals surface area (Å²) in [7, 11) is 0. The number of aromatic nitrogens is 3. The van der Waals surface area contributed by atoms with Gasteiger partial charge in [-0.05, 0) is 118 Å². The van der Waals surface area contributed by atoms with Crippen molar-refractivity contribution in [3.63, 3.8) is 0 Å². The van der Waals surface area contributed by atoms with E-state index in [1.807, 2.05) is 12.1 Å². The van der Waals surface area contributed by atoms with Gasteiger partial charge in [-0.15, -0.1) is 0 Å². The van der Waals surface area contributed by atoms with Gasteiger partial charge in [0.15, 0.2) is 17.5 Å². The van der Waals surface area contributed by atoms with E-state index in [9.17, 15) is 5.26 Å². The van der Waals surface area contributed by atoms with Crippen LogP contribution in [0.4, 0.5) is 0 Å². The third-order valence-corrected chi connectivity index (χ3v) is 13.3. The minimum atomic E-state index is 0.0681. The molecular formula is C52H52N4. The first-order chi connectivity index (χ1) is 26.8. The zero-order valence-corrected chi connectivity index (χ0v) is 33.7. The molecule has 0 spiro atoms. The Morgan fingerprint density at radius 1 is 0.464 bits per heavy atom. The highest BCUT2D eigenvalue weighted by atomic mass is 15.0. The van der Waals surface area contributed by atoms with Gasteiger partial charge in [0.25, 0.3) is 0 Å². The van der Waals surface area contributed by atoms with E-state index in [2.05, 4.69) is 157 Å². The summed E-state index contributed by atoms with van der Waals surface area (Å²) in [6, 6.07) is 46.3. The average Bonchev–Trinajstić information content (AvgIpc) is 3.20. The summed E-state index contributed by atoms with van der Waals surface area (Å²) in [5.74, 6) is 3.63. The van der Waals surface area contributed by atoms with Gasteiger partial charge in [0.05, 0.1) is 11.6 Å². The lowest BCUT2D eigenvalue weighted by Crippen LogP contribution is -2.55. The maximum atomic E-state index is 9.25. The topological polar surface area (TPSA) is 62.5 Å². The molecule has 4 saturated carbocycles. The number of hydrogen-bond donors (Lipinski definition) is 0. The summed E-state index contributed by atoms with van der Waals surface area (Å²) >= 11 is 0. The van der Waals surface area contributed by atoms with Gasteiger partial charge in [-0.25, -0.2) is 15.0 Å². The Hall–Kier alpha value is -5.40. The van der Waals surface area contributed by atoms with Gasteiger partial charge in [0, 0.05) is 16.7 Å². The molecule has 4 bridgehead atoms. The Labute approximate surface area is 333 Å². The highest BCUT2D eigenvalue weighted by Gasteiger charge is 2.58. The molecule has 5 aromatic carbocycles. The second-order valence-electron chi connectivity index (χ2n) is 19.3. The van der Waals surface area contributed by atoms with Crippen LogP contribution in [0.25, 0.3) is 45.3 Å². The minimum absolute atomic E-state index is 0.0681. The van der Waals surface area contributed by atoms with E-state index in [0.29, 0.717) is 23.0 Å². The summed E-state index contributed by atoms with van der Waals surface area (Å²) in [5, 5.41) is 9.25. The number of nitriles is 1. The maximum absolute atomic E-state index is 9.25. The zero-order valence-electron chi connectivity index (χ0n) is 33.7. The smallest absolute Gasteiger partial charge is 0.164 e. The molecule has 0 saturated heterocycles. The van der Waals surface area contributed by atoms with Crippen LogP contribution in [0.3, 0.4) is 0 Å². The third-order valence-electron chi connectivity index (χ3n) is 13.3. The molecule has 4 aliphatic carbocycles. The number of nitrogens with zero attached hydrogens (tertiary/aromatic N) is 4. The fourth-order valence-electron chi connectivity index (χ4n) is 10.7. The summed E-state index contributed by atoms with van der Waals surface area (Å²) in [6.45, 7) is 13.5. The zero-order chi connectivity index (χ0) is 38.9. The summed E-state index contributed by atoms with van der Waals surface area (Å²) in [4.78, 5) is 15.3. The second kappa shape index (κ2) is 13.4. The molecule has 0 N–H and O–H groups in total. The molecule has 4 aliphatic rings. The summed E-state index contributed by atoms with van der Waals surface area (Å²) in [6.07, 6.45) is 7.73. The van der Waals surface area contributed by atoms with Crippen LogP contribution in [0.1, 0.15) is 108 Å². The molecule has 2 atom stereocenters. The van der Waals surface area contributed by atoms with Crippen LogP contribution in [0.5, 0.6) is 0 Å². The maximum Gasteiger partial charge on any atom is 0.164 e. The van der Waals surface area contributed by atoms with Gasteiger partial charge in [0.1, 0.15) is 0 Å². The van der Waals surface area contributed by atoms with Crippen LogP contribution in [0, 0.1) is 23.2 Å². The van der Waals surface area contributed by atoms with E-state index in [1.54, 1.807) is 0 Å². The lowest BCUT2D eigenvalue weighted by atomic mass is 9.41. The normalized spacial score (nSPS) is 22.9. The Kier molecular flexibility index (Phi) is 8.66. The molecule has 4 nitrogen and oxygen atoms in total. The van der Waals surface area contributed by atoms with Crippen LogP contribution in [0.2, 0.25) is 0 Å². The summed E-state index contributed by atoms with van der Waals surface area (Å²) in [5.41, 5.74) is 12.2. The van der Waals surface area contributed by atoms with E-state index < -0.39 is 0 Å². The molecule has 4 heteroatoms. The van der Waals surface area contributed by atoms with Gasteiger partial charge < -0.3 is 0 Å². The average molecular weight is 733 g/mol. The van der Waals surface area contributed by atoms with Gasteiger partial charge in [-0.3, -0.25) is 0 Å². The first-order valence-electron chi connectivity index (χ1n) is 20.5. The van der Waals surface area contributed by atoms with Crippen molar-refractivity contribution in [2.24, 2.45) is 11.8 Å². The van der Waals surface area contributed by atoms with E-state index in [4.69, 9.17) is 15.0 Å². The van der Waals surface area contributed by atoms with Gasteiger partial charge >= 0.3 is 0 Å². The molecule has 4 fully saturated rings. The second-order valence-corrected chi connectivity index (χ2v) is 19.3. The Morgan fingerprint density at radius 2 is 0.786 bits per heavy atom. The van der Waals surface area contributed by atoms with Crippen molar-refractivity contribution in [1.82, 2.24) is 15.0 Å². The Morgan fingerprint density at radius 3 is 1.12 bits per heavy atom. The minimum Gasteiger partial charge on any atom is -0.208 e. The van der Waals surface area contributed by atoms with Crippen molar-refractivity contribution in [3.8, 4) is 51.4 Å². The molecule has 1 heterocycles. The van der Waals surface area contributed by atoms with Gasteiger partial charge in [-0.2, -0.15) is 5.26 Å². The highest BCUT2D eigenvalue weighted by molar-refractivity contribution is 5.68. The molecule has 6 aromatic rings. The highest BCUT2D eigenvalue weighted by Crippen LogP contribution is 2.66. The van der Waals surface area contributed by atoms with Crippen LogP contribution in [-0.4, -0.2) is 15.0 Å². The van der Waals surface area contributed by atoms with E-state index in [-0.39, 0.29) is 21.7 Å². The van der Waals surface area contributed by atoms with E-state index in [0.717, 1.165) is 34.1 Å². The third kappa shape index (κ3) is 6.66. The first-order valence-corrected chi connectivity index (χ1v) is 20.5. The molecule has 280 valence electrons. The van der Waals surface area contributed by atoms with E-state index >= 15 is 0 Å². The molecule has 0 amide bonds. The van der Waals surface area contributed by atoms with E-state index in [1.165, 1.54) is 66.3 Å². The monoisotopic (exact) mass is 732 g/mol. The molecular weight excluding hydrogens is 681 g/mol. The first kappa shape index (κ1) is 36.3. The lowest BCUT2D eigenvalue weighted by molar-refractivity contribution is -0.0281. The molecule has 56 heavy (non-hydrogen) atoms. The van der Waals surface area contributed by atoms with Crippen molar-refractivity contribution >= 4 is 0 Å². The van der Waals surface area contributed by atoms with Crippen molar-refractivity contribution in [3.05, 3.63) is 149 Å². The molecule has 1 aromatic heterocycles. The quantitative estimate of drug-likeness (QED) is 0.171. The van der Waals surface area contributed by atoms with Crippen LogP contribution in [0.15, 0.2) is 121 Å². The van der Waals surface area contributed by atoms with Gasteiger partial charge in [0.2, 0.25) is 0 Å². The van der Waals surface area contributed by atoms with Gasteiger partial charge in [-0.1, -0.05) is 151 Å². The predicted octanol–water partition coefficient (Wildman–Crippen LogP) is 12.8. The summed E-state index contributed by atoms with van der Waals surface area (Å²) < 4.78 is 0. The SMILES string of the molecule is CC(C)(C)c1ccc(-c2nc(-c3ccc(C(C)(C)C)cc3)nc(-c3ccc(C45CC6CC(CC(c7ccc(-c8ccc(C#N)cc8)cc7)(C6)C4)C5)cc3)n2)cc1. The predicted molar refractivity (Wildman–Crippen MR) is 228 cm³/mol. The van der Waals surface area contributed by atoms with Crippen LogP contribution in [-0.2, 0) is 21.7 Å². The fourth-order valence-corrected chi connectivity index (χ4v) is 10.7. The molecule has 0 radical (unpaired) electrons. The molecule has 10 rings (SSSR count). The van der Waals surface area contributed by atoms with Crippen molar-refractivity contribution in [2.45, 2.75) is 102 Å². The van der Waals surface area contributed by atoms with Crippen molar-refractivity contribution in [1.29, 1.82) is 5.26 Å².